The van der Waals surface area contributed by atoms with Crippen LogP contribution in [0.2, 0.25) is 0 Å². The molecule has 1 atom stereocenters. The van der Waals surface area contributed by atoms with Crippen LogP contribution in [0.1, 0.15) is 16.1 Å². The summed E-state index contributed by atoms with van der Waals surface area (Å²) in [6, 6.07) is -1.23. The van der Waals surface area contributed by atoms with Crippen molar-refractivity contribution in [2.75, 3.05) is 13.7 Å². The van der Waals surface area contributed by atoms with E-state index in [0.29, 0.717) is 0 Å². The largest absolute Gasteiger partial charge is 0.480 e. The van der Waals surface area contributed by atoms with E-state index < -0.39 is 23.5 Å². The molecule has 0 aromatic carbocycles. The summed E-state index contributed by atoms with van der Waals surface area (Å²) in [5, 5.41) is 11.2. The van der Waals surface area contributed by atoms with E-state index in [9.17, 15) is 14.4 Å². The molecule has 0 aliphatic rings. The van der Waals surface area contributed by atoms with Crippen molar-refractivity contribution < 1.29 is 23.8 Å². The molecule has 9 nitrogen and oxygen atoms in total. The summed E-state index contributed by atoms with van der Waals surface area (Å²) in [4.78, 5) is 41.2. The van der Waals surface area contributed by atoms with Crippen molar-refractivity contribution in [1.82, 2.24) is 15.3 Å². The van der Waals surface area contributed by atoms with Crippen molar-refractivity contribution in [2.45, 2.75) is 13.0 Å². The minimum atomic E-state index is -1.25. The van der Waals surface area contributed by atoms with Crippen molar-refractivity contribution in [2.24, 2.45) is 0 Å². The monoisotopic (exact) mass is 295 g/mol. The van der Waals surface area contributed by atoms with Gasteiger partial charge in [-0.2, -0.15) is 0 Å². The zero-order chi connectivity index (χ0) is 15.6. The molecule has 0 saturated carbocycles. The van der Waals surface area contributed by atoms with Gasteiger partial charge in [-0.25, -0.2) is 9.78 Å². The van der Waals surface area contributed by atoms with Gasteiger partial charge in [-0.15, -0.1) is 0 Å². The number of furan rings is 1. The van der Waals surface area contributed by atoms with Crippen LogP contribution in [0.3, 0.4) is 0 Å². The first-order valence-electron chi connectivity index (χ1n) is 5.95. The number of rotatable bonds is 5. The lowest BCUT2D eigenvalue weighted by molar-refractivity contribution is -0.140. The number of aliphatic carboxylic acids is 1. The van der Waals surface area contributed by atoms with Gasteiger partial charge in [0.1, 0.15) is 11.1 Å². The molecular formula is C12H13N3O6. The highest BCUT2D eigenvalue weighted by atomic mass is 16.5. The van der Waals surface area contributed by atoms with Crippen molar-refractivity contribution in [3.8, 4) is 0 Å². The molecule has 0 saturated heterocycles. The Balaban J connectivity index is 2.42. The molecule has 0 radical (unpaired) electrons. The van der Waals surface area contributed by atoms with Crippen LogP contribution in [-0.2, 0) is 9.53 Å². The number of carboxylic acid groups (broad SMARTS) is 1. The number of fused-ring (bicyclic) bond motifs is 1. The number of nitrogens with one attached hydrogen (secondary N) is 2. The molecule has 2 heterocycles. The lowest BCUT2D eigenvalue weighted by Gasteiger charge is -2.12. The number of ether oxygens (including phenoxy) is 1. The maximum atomic E-state index is 12.2. The van der Waals surface area contributed by atoms with Crippen LogP contribution in [0.25, 0.3) is 11.1 Å². The molecule has 1 unspecified atom stereocenters. The van der Waals surface area contributed by atoms with Crippen molar-refractivity contribution in [3.05, 3.63) is 28.0 Å². The molecule has 0 aliphatic carbocycles. The van der Waals surface area contributed by atoms with Gasteiger partial charge in [-0.1, -0.05) is 0 Å². The Kier molecular flexibility index (Phi) is 4.03. The van der Waals surface area contributed by atoms with Gasteiger partial charge in [0, 0.05) is 7.11 Å². The quantitative estimate of drug-likeness (QED) is 0.686. The second-order valence-electron chi connectivity index (χ2n) is 4.26. The Hall–Kier alpha value is -2.68. The molecule has 0 fully saturated rings. The number of carbonyl (C=O) groups excluding carboxylic acids is 1. The lowest BCUT2D eigenvalue weighted by Crippen LogP contribution is -2.44. The second kappa shape index (κ2) is 5.75. The molecule has 0 aliphatic heterocycles. The number of carboxylic acids is 1. The minimum absolute atomic E-state index is 0.0139. The van der Waals surface area contributed by atoms with Crippen LogP contribution in [0.5, 0.6) is 0 Å². The van der Waals surface area contributed by atoms with E-state index in [2.05, 4.69) is 15.3 Å². The van der Waals surface area contributed by atoms with E-state index in [0.717, 1.165) is 6.33 Å². The first kappa shape index (κ1) is 14.7. The summed E-state index contributed by atoms with van der Waals surface area (Å²) >= 11 is 0. The average Bonchev–Trinajstić information content (AvgIpc) is 2.75. The molecule has 3 N–H and O–H groups in total. The molecular weight excluding hydrogens is 282 g/mol. The summed E-state index contributed by atoms with van der Waals surface area (Å²) in [5.74, 6) is -1.81. The molecule has 112 valence electrons. The fourth-order valence-electron chi connectivity index (χ4n) is 1.90. The van der Waals surface area contributed by atoms with Gasteiger partial charge >= 0.3 is 5.97 Å². The van der Waals surface area contributed by atoms with E-state index in [4.69, 9.17) is 14.3 Å². The molecule has 2 aromatic heterocycles. The maximum absolute atomic E-state index is 12.2. The fraction of sp³-hybridized carbons (Fsp3) is 0.333. The second-order valence-corrected chi connectivity index (χ2v) is 4.26. The third-order valence-corrected chi connectivity index (χ3v) is 2.83. The van der Waals surface area contributed by atoms with Crippen LogP contribution >= 0.6 is 0 Å². The minimum Gasteiger partial charge on any atom is -0.480 e. The Morgan fingerprint density at radius 2 is 2.29 bits per heavy atom. The predicted molar refractivity (Wildman–Crippen MR) is 70.1 cm³/mol. The van der Waals surface area contributed by atoms with Crippen molar-refractivity contribution >= 4 is 23.0 Å². The summed E-state index contributed by atoms with van der Waals surface area (Å²) < 4.78 is 9.96. The molecule has 0 bridgehead atoms. The Bertz CT molecular complexity index is 747. The lowest BCUT2D eigenvalue weighted by atomic mass is 10.1. The molecule has 9 heteroatoms. The first-order valence-corrected chi connectivity index (χ1v) is 5.95. The maximum Gasteiger partial charge on any atom is 0.328 e. The number of hydrogen-bond acceptors (Lipinski definition) is 6. The Labute approximate surface area is 117 Å². The van der Waals surface area contributed by atoms with E-state index in [-0.39, 0.29) is 29.0 Å². The van der Waals surface area contributed by atoms with E-state index in [1.807, 2.05) is 0 Å². The van der Waals surface area contributed by atoms with Gasteiger partial charge in [0.25, 0.3) is 11.5 Å². The highest BCUT2D eigenvalue weighted by molar-refractivity contribution is 6.07. The van der Waals surface area contributed by atoms with Gasteiger partial charge in [-0.3, -0.25) is 9.59 Å². The van der Waals surface area contributed by atoms with Gasteiger partial charge in [0.2, 0.25) is 5.71 Å². The van der Waals surface area contributed by atoms with Crippen LogP contribution in [0, 0.1) is 6.92 Å². The van der Waals surface area contributed by atoms with Gasteiger partial charge in [0.05, 0.1) is 18.5 Å². The first-order chi connectivity index (χ1) is 9.95. The van der Waals surface area contributed by atoms with Crippen LogP contribution in [-0.4, -0.2) is 46.7 Å². The van der Waals surface area contributed by atoms with E-state index >= 15 is 0 Å². The fourth-order valence-corrected chi connectivity index (χ4v) is 1.90. The summed E-state index contributed by atoms with van der Waals surface area (Å²) in [6.45, 7) is 1.28. The normalized spacial score (nSPS) is 12.3. The van der Waals surface area contributed by atoms with Crippen molar-refractivity contribution in [1.29, 1.82) is 0 Å². The van der Waals surface area contributed by atoms with Gasteiger partial charge < -0.3 is 24.6 Å². The molecule has 0 spiro atoms. The molecule has 2 aromatic rings. The number of aromatic amines is 1. The molecule has 21 heavy (non-hydrogen) atoms. The van der Waals surface area contributed by atoms with Crippen LogP contribution < -0.4 is 10.9 Å². The third-order valence-electron chi connectivity index (χ3n) is 2.83. The molecule has 1 amide bonds. The number of aryl methyl sites for hydroxylation is 1. The standard InChI is InChI=1S/C12H13N3O6/c1-5-7(8-9(16)13-4-14-11(8)21-5)10(17)15-6(3-20-2)12(18)19/h4,6H,3H2,1-2H3,(H,15,17)(H,18,19)(H,13,14,16). The number of nitrogens with zero attached hydrogens (tertiary/aromatic N) is 1. The van der Waals surface area contributed by atoms with E-state index in [1.54, 1.807) is 0 Å². The van der Waals surface area contributed by atoms with E-state index in [1.165, 1.54) is 14.0 Å². The summed E-state index contributed by atoms with van der Waals surface area (Å²) in [7, 11) is 1.31. The van der Waals surface area contributed by atoms with Gasteiger partial charge in [0.15, 0.2) is 6.04 Å². The number of hydrogen-bond donors (Lipinski definition) is 3. The van der Waals surface area contributed by atoms with Crippen molar-refractivity contribution in [3.63, 3.8) is 0 Å². The molecule has 2 rings (SSSR count). The number of methoxy groups -OCH3 is 1. The SMILES string of the molecule is COCC(NC(=O)c1c(C)oc2nc[nH]c(=O)c12)C(=O)O. The number of carbonyl (C=O) groups is 2. The number of amides is 1. The third kappa shape index (κ3) is 2.77. The summed E-state index contributed by atoms with van der Waals surface area (Å²) in [6.07, 6.45) is 1.15. The Morgan fingerprint density at radius 3 is 2.90 bits per heavy atom. The number of aromatic nitrogens is 2. The Morgan fingerprint density at radius 1 is 1.57 bits per heavy atom. The average molecular weight is 295 g/mol. The highest BCUT2D eigenvalue weighted by Crippen LogP contribution is 2.20. The highest BCUT2D eigenvalue weighted by Gasteiger charge is 2.26. The zero-order valence-electron chi connectivity index (χ0n) is 11.3. The zero-order valence-corrected chi connectivity index (χ0v) is 11.3. The van der Waals surface area contributed by atoms with Crippen LogP contribution in [0.15, 0.2) is 15.5 Å². The predicted octanol–water partition coefficient (Wildman–Crippen LogP) is -0.346. The van der Waals surface area contributed by atoms with Crippen LogP contribution in [0.4, 0.5) is 0 Å². The summed E-state index contributed by atoms with van der Waals surface area (Å²) in [5.41, 5.74) is -0.567. The number of H-pyrrole nitrogens is 1. The topological polar surface area (TPSA) is 135 Å². The smallest absolute Gasteiger partial charge is 0.328 e. The van der Waals surface area contributed by atoms with Gasteiger partial charge in [-0.05, 0) is 6.92 Å².